The first-order chi connectivity index (χ1) is 16.0. The number of carbonyl (C=O) groups excluding carboxylic acids is 1. The molecule has 4 aromatic rings. The smallest absolute Gasteiger partial charge is 0.332 e. The second-order valence-electron chi connectivity index (χ2n) is 7.59. The van der Waals surface area contributed by atoms with Crippen LogP contribution in [0.15, 0.2) is 70.4 Å². The van der Waals surface area contributed by atoms with Crippen molar-refractivity contribution in [3.05, 3.63) is 92.8 Å². The van der Waals surface area contributed by atoms with Gasteiger partial charge in [0.2, 0.25) is 5.91 Å². The molecule has 9 nitrogen and oxygen atoms in total. The molecule has 33 heavy (non-hydrogen) atoms. The van der Waals surface area contributed by atoms with E-state index in [1.165, 1.54) is 4.57 Å². The Morgan fingerprint density at radius 2 is 1.79 bits per heavy atom. The van der Waals surface area contributed by atoms with Gasteiger partial charge in [0.15, 0.2) is 5.52 Å². The summed E-state index contributed by atoms with van der Waals surface area (Å²) in [4.78, 5) is 39.1. The van der Waals surface area contributed by atoms with Crippen molar-refractivity contribution in [1.29, 1.82) is 0 Å². The number of amides is 1. The summed E-state index contributed by atoms with van der Waals surface area (Å²) in [5.74, 6) is 0.343. The van der Waals surface area contributed by atoms with E-state index in [0.717, 1.165) is 15.7 Å². The Balaban J connectivity index is 1.66. The highest BCUT2D eigenvalue weighted by Crippen LogP contribution is 2.12. The summed E-state index contributed by atoms with van der Waals surface area (Å²) in [6, 6.07) is 16.6. The summed E-state index contributed by atoms with van der Waals surface area (Å²) in [5.41, 5.74) is 1.15. The van der Waals surface area contributed by atoms with Crippen molar-refractivity contribution in [2.24, 2.45) is 0 Å². The number of ether oxygens (including phenoxy) is 1. The number of hydrogen-bond acceptors (Lipinski definition) is 5. The van der Waals surface area contributed by atoms with Crippen LogP contribution in [0.5, 0.6) is 5.75 Å². The maximum absolute atomic E-state index is 13.3. The first kappa shape index (κ1) is 22.1. The fourth-order valence-corrected chi connectivity index (χ4v) is 3.63. The van der Waals surface area contributed by atoms with E-state index in [2.05, 4.69) is 10.4 Å². The van der Waals surface area contributed by atoms with Gasteiger partial charge in [0.05, 0.1) is 19.2 Å². The number of methoxy groups -OCH3 is 1. The second kappa shape index (κ2) is 9.56. The summed E-state index contributed by atoms with van der Waals surface area (Å²) in [6.07, 6.45) is 1.63. The lowest BCUT2D eigenvalue weighted by molar-refractivity contribution is -0.121. The molecule has 0 aliphatic heterocycles. The molecular weight excluding hydrogens is 422 g/mol. The number of benzene rings is 2. The fourth-order valence-electron chi connectivity index (χ4n) is 3.63. The molecule has 0 fully saturated rings. The Kier molecular flexibility index (Phi) is 6.39. The zero-order valence-corrected chi connectivity index (χ0v) is 18.5. The van der Waals surface area contributed by atoms with Gasteiger partial charge in [0, 0.05) is 19.3 Å². The summed E-state index contributed by atoms with van der Waals surface area (Å²) < 4.78 is 9.22. The van der Waals surface area contributed by atoms with Crippen molar-refractivity contribution in [1.82, 2.24) is 24.2 Å². The minimum atomic E-state index is -0.552. The number of fused-ring (bicyclic) bond motifs is 1. The van der Waals surface area contributed by atoms with Crippen molar-refractivity contribution in [3.8, 4) is 5.75 Å². The largest absolute Gasteiger partial charge is 0.497 e. The van der Waals surface area contributed by atoms with Crippen LogP contribution in [0.2, 0.25) is 0 Å². The van der Waals surface area contributed by atoms with E-state index in [-0.39, 0.29) is 31.1 Å². The van der Waals surface area contributed by atoms with E-state index in [1.807, 2.05) is 61.5 Å². The van der Waals surface area contributed by atoms with E-state index in [4.69, 9.17) is 4.74 Å². The highest BCUT2D eigenvalue weighted by molar-refractivity contribution is 5.79. The standard InChI is InChI=1S/C24H25N5O4/c1-3-27-15-20-22(26-27)23(31)29(14-17-8-5-4-6-9-17)24(32)28(20)16-21(30)25-13-18-10-7-11-19(12-18)33-2/h4-12,15H,3,13-14,16H2,1-2H3,(H,25,30). The average Bonchev–Trinajstić information content (AvgIpc) is 3.29. The molecule has 2 aromatic heterocycles. The van der Waals surface area contributed by atoms with Crippen LogP contribution in [0.3, 0.4) is 0 Å². The van der Waals surface area contributed by atoms with Crippen LogP contribution < -0.4 is 21.3 Å². The van der Waals surface area contributed by atoms with Crippen LogP contribution in [0, 0.1) is 0 Å². The molecular formula is C24H25N5O4. The summed E-state index contributed by atoms with van der Waals surface area (Å²) in [6.45, 7) is 2.56. The molecule has 0 radical (unpaired) electrons. The number of nitrogens with one attached hydrogen (secondary N) is 1. The quantitative estimate of drug-likeness (QED) is 0.444. The Bertz CT molecular complexity index is 1400. The zero-order chi connectivity index (χ0) is 23.4. The molecule has 0 aliphatic rings. The molecule has 0 saturated heterocycles. The Labute approximate surface area is 189 Å². The lowest BCUT2D eigenvalue weighted by Gasteiger charge is -2.12. The van der Waals surface area contributed by atoms with Gasteiger partial charge >= 0.3 is 5.69 Å². The van der Waals surface area contributed by atoms with E-state index >= 15 is 0 Å². The highest BCUT2D eigenvalue weighted by atomic mass is 16.5. The van der Waals surface area contributed by atoms with Crippen molar-refractivity contribution < 1.29 is 9.53 Å². The molecule has 2 heterocycles. The lowest BCUT2D eigenvalue weighted by atomic mass is 10.2. The molecule has 0 bridgehead atoms. The van der Waals surface area contributed by atoms with Gasteiger partial charge in [-0.25, -0.2) is 4.79 Å². The highest BCUT2D eigenvalue weighted by Gasteiger charge is 2.18. The molecule has 0 atom stereocenters. The predicted molar refractivity (Wildman–Crippen MR) is 124 cm³/mol. The molecule has 4 rings (SSSR count). The third kappa shape index (κ3) is 4.72. The van der Waals surface area contributed by atoms with Gasteiger partial charge in [-0.2, -0.15) is 5.10 Å². The number of hydrogen-bond donors (Lipinski definition) is 1. The van der Waals surface area contributed by atoms with E-state index in [9.17, 15) is 14.4 Å². The fraction of sp³-hybridized carbons (Fsp3) is 0.250. The summed E-state index contributed by atoms with van der Waals surface area (Å²) >= 11 is 0. The topological polar surface area (TPSA) is 100 Å². The molecule has 1 amide bonds. The van der Waals surface area contributed by atoms with Gasteiger partial charge in [-0.3, -0.25) is 23.4 Å². The van der Waals surface area contributed by atoms with E-state index < -0.39 is 11.2 Å². The molecule has 2 aromatic carbocycles. The van der Waals surface area contributed by atoms with Gasteiger partial charge in [-0.15, -0.1) is 0 Å². The first-order valence-corrected chi connectivity index (χ1v) is 10.6. The number of nitrogens with zero attached hydrogens (tertiary/aromatic N) is 4. The van der Waals surface area contributed by atoms with Crippen molar-refractivity contribution in [2.75, 3.05) is 7.11 Å². The number of rotatable bonds is 8. The Morgan fingerprint density at radius 3 is 2.52 bits per heavy atom. The summed E-state index contributed by atoms with van der Waals surface area (Å²) in [7, 11) is 1.58. The van der Waals surface area contributed by atoms with Crippen LogP contribution in [-0.2, 0) is 31.0 Å². The third-order valence-corrected chi connectivity index (χ3v) is 5.38. The van der Waals surface area contributed by atoms with Gasteiger partial charge in [0.1, 0.15) is 12.3 Å². The van der Waals surface area contributed by atoms with E-state index in [0.29, 0.717) is 17.8 Å². The number of aromatic nitrogens is 4. The molecule has 9 heteroatoms. The number of aryl methyl sites for hydroxylation is 1. The molecule has 170 valence electrons. The molecule has 1 N–H and O–H groups in total. The number of carbonyl (C=O) groups is 1. The Morgan fingerprint density at radius 1 is 1.03 bits per heavy atom. The molecule has 0 unspecified atom stereocenters. The SMILES string of the molecule is CCn1cc2c(n1)c(=O)n(Cc1ccccc1)c(=O)n2CC(=O)NCc1cccc(OC)c1. The summed E-state index contributed by atoms with van der Waals surface area (Å²) in [5, 5.41) is 7.16. The molecule has 0 spiro atoms. The maximum atomic E-state index is 13.3. The molecule has 0 saturated carbocycles. The zero-order valence-electron chi connectivity index (χ0n) is 18.5. The maximum Gasteiger partial charge on any atom is 0.332 e. The van der Waals surface area contributed by atoms with E-state index in [1.54, 1.807) is 18.0 Å². The van der Waals surface area contributed by atoms with Crippen molar-refractivity contribution in [3.63, 3.8) is 0 Å². The van der Waals surface area contributed by atoms with Gasteiger partial charge < -0.3 is 10.1 Å². The minimum absolute atomic E-state index is 0.0961. The van der Waals surface area contributed by atoms with Crippen LogP contribution in [0.25, 0.3) is 11.0 Å². The van der Waals surface area contributed by atoms with Crippen LogP contribution in [0.4, 0.5) is 0 Å². The van der Waals surface area contributed by atoms with Crippen molar-refractivity contribution in [2.45, 2.75) is 33.1 Å². The minimum Gasteiger partial charge on any atom is -0.497 e. The van der Waals surface area contributed by atoms with Crippen LogP contribution >= 0.6 is 0 Å². The predicted octanol–water partition coefficient (Wildman–Crippen LogP) is 1.75. The molecule has 0 aliphatic carbocycles. The Hall–Kier alpha value is -4.14. The van der Waals surface area contributed by atoms with Crippen LogP contribution in [0.1, 0.15) is 18.1 Å². The third-order valence-electron chi connectivity index (χ3n) is 5.38. The average molecular weight is 447 g/mol. The van der Waals surface area contributed by atoms with Gasteiger partial charge in [0.25, 0.3) is 5.56 Å². The van der Waals surface area contributed by atoms with Gasteiger partial charge in [-0.1, -0.05) is 42.5 Å². The lowest BCUT2D eigenvalue weighted by Crippen LogP contribution is -2.42. The normalized spacial score (nSPS) is 11.0. The van der Waals surface area contributed by atoms with Crippen molar-refractivity contribution >= 4 is 16.9 Å². The van der Waals surface area contributed by atoms with Crippen LogP contribution in [-0.4, -0.2) is 31.9 Å². The second-order valence-corrected chi connectivity index (χ2v) is 7.59. The first-order valence-electron chi connectivity index (χ1n) is 10.6. The monoisotopic (exact) mass is 447 g/mol. The van der Waals surface area contributed by atoms with Gasteiger partial charge in [-0.05, 0) is 30.2 Å².